The summed E-state index contributed by atoms with van der Waals surface area (Å²) in [5, 5.41) is 6.03. The van der Waals surface area contributed by atoms with E-state index in [-0.39, 0.29) is 23.7 Å². The summed E-state index contributed by atoms with van der Waals surface area (Å²) in [6, 6.07) is 0. The number of carbonyl (C=O) groups excluding carboxylic acids is 3. The lowest BCUT2D eigenvalue weighted by Gasteiger charge is -2.16. The van der Waals surface area contributed by atoms with Crippen molar-refractivity contribution in [3.8, 4) is 0 Å². The van der Waals surface area contributed by atoms with Crippen molar-refractivity contribution in [2.75, 3.05) is 19.6 Å². The molecule has 6 heteroatoms. The van der Waals surface area contributed by atoms with Crippen molar-refractivity contribution in [1.29, 1.82) is 0 Å². The summed E-state index contributed by atoms with van der Waals surface area (Å²) in [5.41, 5.74) is 5.46. The summed E-state index contributed by atoms with van der Waals surface area (Å²) < 4.78 is 0. The van der Waals surface area contributed by atoms with Gasteiger partial charge in [-0.15, -0.1) is 0 Å². The first kappa shape index (κ1) is 19.9. The normalized spacial score (nSPS) is 19.2. The molecule has 2 fully saturated rings. The van der Waals surface area contributed by atoms with E-state index in [2.05, 4.69) is 10.6 Å². The van der Waals surface area contributed by atoms with Crippen molar-refractivity contribution >= 4 is 17.6 Å². The van der Waals surface area contributed by atoms with Crippen LogP contribution in [-0.4, -0.2) is 37.2 Å². The average molecular weight is 351 g/mol. The Bertz CT molecular complexity index is 473. The molecule has 4 N–H and O–H groups in total. The van der Waals surface area contributed by atoms with Crippen LogP contribution in [-0.2, 0) is 14.4 Å². The van der Waals surface area contributed by atoms with Crippen molar-refractivity contribution < 1.29 is 14.4 Å². The highest BCUT2D eigenvalue weighted by Gasteiger charge is 2.35. The number of nitrogens with two attached hydrogens (primary N) is 1. The van der Waals surface area contributed by atoms with Gasteiger partial charge in [0.25, 0.3) is 0 Å². The van der Waals surface area contributed by atoms with Crippen molar-refractivity contribution in [2.24, 2.45) is 29.4 Å². The Balaban J connectivity index is 1.58. The molecule has 142 valence electrons. The summed E-state index contributed by atoms with van der Waals surface area (Å²) in [6.45, 7) is 3.33. The van der Waals surface area contributed by atoms with E-state index >= 15 is 0 Å². The summed E-state index contributed by atoms with van der Waals surface area (Å²) >= 11 is 0. The second-order valence-corrected chi connectivity index (χ2v) is 7.70. The number of Topliss-reactive ketones (excluding diaryl/α,β-unsaturated/α-hetero) is 1. The first-order chi connectivity index (χ1) is 12.0. The number of nitrogens with one attached hydrogen (secondary N) is 2. The highest BCUT2D eigenvalue weighted by molar-refractivity contribution is 5.83. The van der Waals surface area contributed by atoms with Gasteiger partial charge in [0, 0.05) is 25.3 Å². The predicted octanol–water partition coefficient (Wildman–Crippen LogP) is 1.38. The topological polar surface area (TPSA) is 101 Å². The molecule has 6 nitrogen and oxygen atoms in total. The quantitative estimate of drug-likeness (QED) is 0.412. The molecule has 0 aromatic rings. The molecule has 0 aromatic heterocycles. The fourth-order valence-electron chi connectivity index (χ4n) is 3.64. The van der Waals surface area contributed by atoms with Gasteiger partial charge in [0.1, 0.15) is 5.78 Å². The van der Waals surface area contributed by atoms with Gasteiger partial charge >= 0.3 is 0 Å². The molecule has 2 unspecified atom stereocenters. The van der Waals surface area contributed by atoms with E-state index in [1.165, 1.54) is 6.92 Å². The smallest absolute Gasteiger partial charge is 0.220 e. The van der Waals surface area contributed by atoms with E-state index in [1.54, 1.807) is 0 Å². The molecule has 0 spiro atoms. The van der Waals surface area contributed by atoms with E-state index in [0.29, 0.717) is 30.7 Å². The van der Waals surface area contributed by atoms with Gasteiger partial charge in [0.05, 0.1) is 6.54 Å². The number of hydrogen-bond donors (Lipinski definition) is 3. The lowest BCUT2D eigenvalue weighted by Crippen LogP contribution is -2.32. The molecule has 2 aliphatic carbocycles. The summed E-state index contributed by atoms with van der Waals surface area (Å²) in [6.07, 6.45) is 7.97. The van der Waals surface area contributed by atoms with E-state index in [9.17, 15) is 14.4 Å². The van der Waals surface area contributed by atoms with Gasteiger partial charge in [0.2, 0.25) is 11.8 Å². The van der Waals surface area contributed by atoms with Crippen LogP contribution in [0.3, 0.4) is 0 Å². The van der Waals surface area contributed by atoms with Gasteiger partial charge < -0.3 is 16.4 Å². The molecule has 0 aromatic carbocycles. The molecule has 2 amide bonds. The number of hydrogen-bond acceptors (Lipinski definition) is 4. The maximum Gasteiger partial charge on any atom is 0.220 e. The van der Waals surface area contributed by atoms with Gasteiger partial charge in [-0.25, -0.2) is 0 Å². The Morgan fingerprint density at radius 3 is 2.08 bits per heavy atom. The van der Waals surface area contributed by atoms with Crippen molar-refractivity contribution in [3.63, 3.8) is 0 Å². The first-order valence-electron chi connectivity index (χ1n) is 9.76. The SMILES string of the molecule is CC(=O)NCCCC(C(=O)CNCCCC(C(N)=O)C1CC1)C1CC1. The van der Waals surface area contributed by atoms with Crippen LogP contribution in [0.5, 0.6) is 0 Å². The number of ketones is 1. The van der Waals surface area contributed by atoms with Crippen LogP contribution >= 0.6 is 0 Å². The minimum absolute atomic E-state index is 0.0172. The zero-order valence-electron chi connectivity index (χ0n) is 15.4. The van der Waals surface area contributed by atoms with Gasteiger partial charge in [0.15, 0.2) is 0 Å². The Morgan fingerprint density at radius 2 is 1.52 bits per heavy atom. The average Bonchev–Trinajstić information content (AvgIpc) is 3.43. The van der Waals surface area contributed by atoms with E-state index < -0.39 is 0 Å². The largest absolute Gasteiger partial charge is 0.369 e. The van der Waals surface area contributed by atoms with Crippen molar-refractivity contribution in [3.05, 3.63) is 0 Å². The predicted molar refractivity (Wildman–Crippen MR) is 96.7 cm³/mol. The molecule has 2 aliphatic rings. The molecular formula is C19H33N3O3. The van der Waals surface area contributed by atoms with E-state index in [0.717, 1.165) is 57.9 Å². The fraction of sp³-hybridized carbons (Fsp3) is 0.842. The second-order valence-electron chi connectivity index (χ2n) is 7.70. The minimum atomic E-state index is -0.174. The van der Waals surface area contributed by atoms with Crippen LogP contribution in [0.2, 0.25) is 0 Å². The standard InChI is InChI=1S/C19H33N3O3/c1-13(23)22-11-3-4-16(14-6-7-14)18(24)12-21-10-2-5-17(19(20)25)15-8-9-15/h14-17,21H,2-12H2,1H3,(H2,20,25)(H,22,23). The van der Waals surface area contributed by atoms with Gasteiger partial charge in [-0.1, -0.05) is 0 Å². The van der Waals surface area contributed by atoms with Crippen LogP contribution in [0.4, 0.5) is 0 Å². The Hall–Kier alpha value is -1.43. The maximum absolute atomic E-state index is 12.5. The van der Waals surface area contributed by atoms with Gasteiger partial charge in [-0.2, -0.15) is 0 Å². The maximum atomic E-state index is 12.5. The lowest BCUT2D eigenvalue weighted by molar-refractivity contribution is -0.123. The number of amides is 2. The number of primary amides is 1. The molecule has 25 heavy (non-hydrogen) atoms. The van der Waals surface area contributed by atoms with E-state index in [4.69, 9.17) is 5.73 Å². The Kier molecular flexibility index (Phi) is 7.88. The third-order valence-corrected chi connectivity index (χ3v) is 5.39. The lowest BCUT2D eigenvalue weighted by atomic mass is 9.92. The summed E-state index contributed by atoms with van der Waals surface area (Å²) in [7, 11) is 0. The third kappa shape index (κ3) is 7.55. The zero-order chi connectivity index (χ0) is 18.2. The van der Waals surface area contributed by atoms with Crippen LogP contribution in [0.25, 0.3) is 0 Å². The fourth-order valence-corrected chi connectivity index (χ4v) is 3.64. The highest BCUT2D eigenvalue weighted by atomic mass is 16.2. The number of carbonyl (C=O) groups is 3. The van der Waals surface area contributed by atoms with Crippen molar-refractivity contribution in [1.82, 2.24) is 10.6 Å². The molecule has 0 saturated heterocycles. The molecule has 0 radical (unpaired) electrons. The zero-order valence-corrected chi connectivity index (χ0v) is 15.4. The van der Waals surface area contributed by atoms with Crippen LogP contribution in [0, 0.1) is 23.7 Å². The molecular weight excluding hydrogens is 318 g/mol. The summed E-state index contributed by atoms with van der Waals surface area (Å²) in [4.78, 5) is 34.8. The van der Waals surface area contributed by atoms with Gasteiger partial charge in [-0.3, -0.25) is 14.4 Å². The molecule has 2 rings (SSSR count). The molecule has 0 aliphatic heterocycles. The van der Waals surface area contributed by atoms with Crippen LogP contribution < -0.4 is 16.4 Å². The summed E-state index contributed by atoms with van der Waals surface area (Å²) in [5.74, 6) is 1.29. The monoisotopic (exact) mass is 351 g/mol. The highest BCUT2D eigenvalue weighted by Crippen LogP contribution is 2.40. The third-order valence-electron chi connectivity index (χ3n) is 5.39. The van der Waals surface area contributed by atoms with E-state index in [1.807, 2.05) is 0 Å². The molecule has 0 bridgehead atoms. The van der Waals surface area contributed by atoms with Crippen LogP contribution in [0.15, 0.2) is 0 Å². The molecule has 0 heterocycles. The van der Waals surface area contributed by atoms with Crippen molar-refractivity contribution in [2.45, 2.75) is 58.3 Å². The Labute approximate surface area is 150 Å². The number of rotatable bonds is 14. The first-order valence-corrected chi connectivity index (χ1v) is 9.76. The minimum Gasteiger partial charge on any atom is -0.369 e. The molecule has 2 atom stereocenters. The molecule has 2 saturated carbocycles. The second kappa shape index (κ2) is 9.90. The Morgan fingerprint density at radius 1 is 0.960 bits per heavy atom. The van der Waals surface area contributed by atoms with Crippen LogP contribution in [0.1, 0.15) is 58.3 Å². The van der Waals surface area contributed by atoms with Gasteiger partial charge in [-0.05, 0) is 69.7 Å².